The van der Waals surface area contributed by atoms with Gasteiger partial charge in [0.25, 0.3) is 0 Å². The van der Waals surface area contributed by atoms with Crippen LogP contribution >= 0.6 is 0 Å². The van der Waals surface area contributed by atoms with Crippen LogP contribution in [-0.4, -0.2) is 4.70 Å². The molecular weight excluding hydrogens is 376 g/mol. The monoisotopic (exact) mass is 414 g/mol. The Morgan fingerprint density at radius 3 is 1.77 bits per heavy atom. The summed E-state index contributed by atoms with van der Waals surface area (Å²) in [6.07, 6.45) is 10.1. The summed E-state index contributed by atoms with van der Waals surface area (Å²) in [6.45, 7) is 8.83. The first-order chi connectivity index (χ1) is 15.1. The second kappa shape index (κ2) is 11.2. The minimum absolute atomic E-state index is 0.980. The van der Waals surface area contributed by atoms with E-state index in [1.54, 1.807) is 0 Å². The van der Waals surface area contributed by atoms with Gasteiger partial charge in [0.2, 0.25) is 11.4 Å². The molecule has 0 radical (unpaired) electrons. The van der Waals surface area contributed by atoms with E-state index in [0.717, 1.165) is 67.5 Å². The Morgan fingerprint density at radius 1 is 0.677 bits per heavy atom. The second-order valence-electron chi connectivity index (χ2n) is 8.84. The molecule has 0 N–H and O–H groups in total. The van der Waals surface area contributed by atoms with Crippen molar-refractivity contribution in [2.75, 3.05) is 0 Å². The zero-order valence-electron chi connectivity index (χ0n) is 19.9. The molecule has 0 unspecified atom stereocenters. The minimum Gasteiger partial charge on any atom is -0.493 e. The lowest BCUT2D eigenvalue weighted by Crippen LogP contribution is -2.03. The van der Waals surface area contributed by atoms with Crippen LogP contribution in [0.3, 0.4) is 0 Å². The molecule has 164 valence electrons. The molecular formula is C29H38N2. The summed E-state index contributed by atoms with van der Waals surface area (Å²) in [4.78, 5) is 0. The number of hydrogen-bond donors (Lipinski definition) is 0. The van der Waals surface area contributed by atoms with Crippen LogP contribution in [0.1, 0.15) is 94.4 Å². The van der Waals surface area contributed by atoms with Crippen molar-refractivity contribution >= 4 is 11.4 Å². The smallest absolute Gasteiger partial charge is 0.211 e. The predicted octanol–water partition coefficient (Wildman–Crippen LogP) is 8.89. The van der Waals surface area contributed by atoms with Gasteiger partial charge in [-0.05, 0) is 75.3 Å². The van der Waals surface area contributed by atoms with Crippen LogP contribution in [0.2, 0.25) is 0 Å². The molecule has 0 amide bonds. The number of benzene rings is 2. The Hall–Kier alpha value is -2.48. The highest BCUT2D eigenvalue weighted by Crippen LogP contribution is 2.44. The molecule has 2 nitrogen and oxygen atoms in total. The van der Waals surface area contributed by atoms with E-state index in [1.165, 1.54) is 39.8 Å². The van der Waals surface area contributed by atoms with Gasteiger partial charge in [0.15, 0.2) is 0 Å². The number of allylic oxidation sites excluding steroid dienone is 2. The van der Waals surface area contributed by atoms with Crippen molar-refractivity contribution in [3.63, 3.8) is 0 Å². The summed E-state index contributed by atoms with van der Waals surface area (Å²) in [5.41, 5.74) is 21.0. The first-order valence-electron chi connectivity index (χ1n) is 12.2. The van der Waals surface area contributed by atoms with Gasteiger partial charge in [-0.15, -0.1) is 0 Å². The zero-order chi connectivity index (χ0) is 22.2. The van der Waals surface area contributed by atoms with Crippen molar-refractivity contribution in [3.05, 3.63) is 87.5 Å². The third-order valence-electron chi connectivity index (χ3n) is 6.26. The van der Waals surface area contributed by atoms with Gasteiger partial charge in [-0.3, -0.25) is 0 Å². The number of aryl methyl sites for hydroxylation is 2. The van der Waals surface area contributed by atoms with Crippen molar-refractivity contribution in [2.24, 2.45) is 0 Å². The van der Waals surface area contributed by atoms with E-state index < -0.39 is 0 Å². The van der Waals surface area contributed by atoms with Crippen molar-refractivity contribution < 1.29 is 4.70 Å². The first kappa shape index (κ1) is 23.2. The summed E-state index contributed by atoms with van der Waals surface area (Å²) >= 11 is 0. The molecule has 0 saturated carbocycles. The largest absolute Gasteiger partial charge is 0.493 e. The number of hydrogen-bond acceptors (Lipinski definition) is 0. The van der Waals surface area contributed by atoms with Crippen LogP contribution < -0.4 is 0 Å². The van der Waals surface area contributed by atoms with E-state index >= 15 is 0 Å². The number of nitrogens with zero attached hydrogens (tertiary/aromatic N) is 2. The van der Waals surface area contributed by atoms with E-state index in [0.29, 0.717) is 0 Å². The fourth-order valence-corrected chi connectivity index (χ4v) is 4.49. The van der Waals surface area contributed by atoms with Crippen LogP contribution in [0.4, 0.5) is 0 Å². The summed E-state index contributed by atoms with van der Waals surface area (Å²) in [7, 11) is 0. The standard InChI is InChI=1S/C29H38N2/c1-5-8-13-23-17-19-24(20-18-23)28-26(15-9-6-2)27(16-10-7-3)29(31(28)30)25-14-11-12-22(4)21-25/h11-12,14,17-21H,5-10,13,15-16H2,1-4H3. The highest BCUT2D eigenvalue weighted by Gasteiger charge is 2.34. The molecule has 31 heavy (non-hydrogen) atoms. The SMILES string of the molecule is CCCCC1=C(c2ccc(CCCC)cc2)[N+](=[N-])C(c2cccc(C)c2)=C1CCCC. The summed E-state index contributed by atoms with van der Waals surface area (Å²) in [5.74, 6) is 0. The molecule has 0 fully saturated rings. The number of unbranched alkanes of at least 4 members (excludes halogenated alkanes) is 3. The summed E-state index contributed by atoms with van der Waals surface area (Å²) in [6, 6.07) is 17.4. The highest BCUT2D eigenvalue weighted by molar-refractivity contribution is 5.82. The Labute approximate surface area is 189 Å². The van der Waals surface area contributed by atoms with Crippen LogP contribution in [-0.2, 0) is 6.42 Å². The van der Waals surface area contributed by atoms with E-state index in [4.69, 9.17) is 0 Å². The van der Waals surface area contributed by atoms with Crippen molar-refractivity contribution in [1.29, 1.82) is 0 Å². The third-order valence-corrected chi connectivity index (χ3v) is 6.26. The van der Waals surface area contributed by atoms with Crippen LogP contribution in [0.15, 0.2) is 59.7 Å². The van der Waals surface area contributed by atoms with E-state index in [9.17, 15) is 5.53 Å². The van der Waals surface area contributed by atoms with Gasteiger partial charge in [-0.2, -0.15) is 0 Å². The van der Waals surface area contributed by atoms with Gasteiger partial charge in [-0.25, -0.2) is 4.70 Å². The third kappa shape index (κ3) is 5.42. The molecule has 0 saturated heterocycles. The predicted molar refractivity (Wildman–Crippen MR) is 133 cm³/mol. The van der Waals surface area contributed by atoms with Crippen molar-refractivity contribution in [2.45, 2.75) is 85.5 Å². The molecule has 3 rings (SSSR count). The molecule has 2 heteroatoms. The lowest BCUT2D eigenvalue weighted by molar-refractivity contribution is -0.345. The van der Waals surface area contributed by atoms with Gasteiger partial charge in [0.05, 0.1) is 0 Å². The molecule has 0 aromatic heterocycles. The molecule has 1 aliphatic heterocycles. The molecule has 0 aliphatic carbocycles. The minimum atomic E-state index is 0.980. The summed E-state index contributed by atoms with van der Waals surface area (Å²) in [5, 5.41) is 0. The maximum absolute atomic E-state index is 11.5. The average molecular weight is 415 g/mol. The molecule has 1 aliphatic rings. The van der Waals surface area contributed by atoms with Gasteiger partial charge in [-0.1, -0.05) is 69.9 Å². The normalized spacial score (nSPS) is 14.1. The molecule has 0 spiro atoms. The van der Waals surface area contributed by atoms with Gasteiger partial charge in [0, 0.05) is 22.3 Å². The Bertz CT molecular complexity index is 960. The lowest BCUT2D eigenvalue weighted by atomic mass is 9.92. The van der Waals surface area contributed by atoms with E-state index in [2.05, 4.69) is 76.2 Å². The fourth-order valence-electron chi connectivity index (χ4n) is 4.49. The van der Waals surface area contributed by atoms with E-state index in [-0.39, 0.29) is 0 Å². The van der Waals surface area contributed by atoms with Crippen molar-refractivity contribution in [3.8, 4) is 0 Å². The van der Waals surface area contributed by atoms with E-state index in [1.807, 2.05) is 0 Å². The van der Waals surface area contributed by atoms with Crippen LogP contribution in [0.25, 0.3) is 16.9 Å². The Morgan fingerprint density at radius 2 is 1.23 bits per heavy atom. The Kier molecular flexibility index (Phi) is 8.40. The quantitative estimate of drug-likeness (QED) is 0.328. The Balaban J connectivity index is 2.08. The lowest BCUT2D eigenvalue weighted by Gasteiger charge is -2.10. The maximum Gasteiger partial charge on any atom is 0.211 e. The average Bonchev–Trinajstić information content (AvgIpc) is 3.06. The van der Waals surface area contributed by atoms with Gasteiger partial charge < -0.3 is 5.53 Å². The van der Waals surface area contributed by atoms with Gasteiger partial charge in [0.1, 0.15) is 0 Å². The van der Waals surface area contributed by atoms with Gasteiger partial charge >= 0.3 is 0 Å². The molecule has 0 bridgehead atoms. The summed E-state index contributed by atoms with van der Waals surface area (Å²) < 4.78 is 1.49. The topological polar surface area (TPSA) is 25.3 Å². The van der Waals surface area contributed by atoms with Crippen LogP contribution in [0, 0.1) is 6.92 Å². The molecule has 2 aromatic rings. The van der Waals surface area contributed by atoms with Crippen LogP contribution in [0.5, 0.6) is 0 Å². The highest BCUT2D eigenvalue weighted by atomic mass is 15.2. The molecule has 2 aromatic carbocycles. The molecule has 0 atom stereocenters. The number of rotatable bonds is 11. The second-order valence-corrected chi connectivity index (χ2v) is 8.84. The zero-order valence-corrected chi connectivity index (χ0v) is 19.9. The first-order valence-corrected chi connectivity index (χ1v) is 12.2. The fraction of sp³-hybridized carbons (Fsp3) is 0.448. The molecule has 1 heterocycles. The maximum atomic E-state index is 11.5. The van der Waals surface area contributed by atoms with Crippen molar-refractivity contribution in [1.82, 2.24) is 0 Å².